The number of carbonyl (C=O) groups is 1. The average molecular weight is 319 g/mol. The molecule has 0 unspecified atom stereocenters. The molecule has 1 fully saturated rings. The minimum absolute atomic E-state index is 0.132. The summed E-state index contributed by atoms with van der Waals surface area (Å²) in [6.07, 6.45) is 0.132. The van der Waals surface area contributed by atoms with Gasteiger partial charge in [-0.1, -0.05) is 12.1 Å². The first-order valence-electron chi connectivity index (χ1n) is 7.54. The number of hydrogen-bond acceptors (Lipinski definition) is 5. The van der Waals surface area contributed by atoms with Crippen LogP contribution in [0.1, 0.15) is 11.9 Å². The Morgan fingerprint density at radius 1 is 1.50 bits per heavy atom. The Hall–Kier alpha value is -1.50. The highest BCUT2D eigenvalue weighted by atomic mass is 32.1. The molecule has 0 saturated carbocycles. The number of amides is 1. The van der Waals surface area contributed by atoms with E-state index >= 15 is 0 Å². The summed E-state index contributed by atoms with van der Waals surface area (Å²) in [7, 11) is 1.97. The van der Waals surface area contributed by atoms with E-state index in [1.54, 1.807) is 11.3 Å². The molecule has 5 nitrogen and oxygen atoms in total. The lowest BCUT2D eigenvalue weighted by atomic mass is 10.3. The maximum absolute atomic E-state index is 12.3. The molecule has 2 aromatic rings. The molecule has 1 amide bonds. The molecule has 1 aromatic heterocycles. The van der Waals surface area contributed by atoms with E-state index in [-0.39, 0.29) is 12.0 Å². The topological polar surface area (TPSA) is 45.7 Å². The number of fused-ring (bicyclic) bond motifs is 1. The fraction of sp³-hybridized carbons (Fsp3) is 0.500. The Balaban J connectivity index is 1.57. The van der Waals surface area contributed by atoms with Crippen LogP contribution in [0.2, 0.25) is 0 Å². The maximum Gasteiger partial charge on any atom is 0.236 e. The van der Waals surface area contributed by atoms with Gasteiger partial charge in [0.1, 0.15) is 5.01 Å². The van der Waals surface area contributed by atoms with Crippen LogP contribution in [0.15, 0.2) is 24.3 Å². The van der Waals surface area contributed by atoms with Crippen LogP contribution in [0.5, 0.6) is 0 Å². The molecule has 22 heavy (non-hydrogen) atoms. The van der Waals surface area contributed by atoms with Crippen LogP contribution in [0.4, 0.5) is 0 Å². The van der Waals surface area contributed by atoms with E-state index < -0.39 is 0 Å². The molecule has 1 aliphatic heterocycles. The molecule has 2 heterocycles. The lowest BCUT2D eigenvalue weighted by molar-refractivity contribution is -0.139. The van der Waals surface area contributed by atoms with Gasteiger partial charge in [0.25, 0.3) is 0 Å². The van der Waals surface area contributed by atoms with Gasteiger partial charge in [0, 0.05) is 13.1 Å². The zero-order valence-corrected chi connectivity index (χ0v) is 13.8. The monoisotopic (exact) mass is 319 g/mol. The van der Waals surface area contributed by atoms with Crippen molar-refractivity contribution < 1.29 is 9.53 Å². The fourth-order valence-corrected chi connectivity index (χ4v) is 3.70. The van der Waals surface area contributed by atoms with E-state index in [9.17, 15) is 4.79 Å². The highest BCUT2D eigenvalue weighted by molar-refractivity contribution is 7.18. The Bertz CT molecular complexity index is 625. The first-order chi connectivity index (χ1) is 10.6. The van der Waals surface area contributed by atoms with Gasteiger partial charge in [-0.15, -0.1) is 11.3 Å². The summed E-state index contributed by atoms with van der Waals surface area (Å²) in [6, 6.07) is 8.13. The SMILES string of the molecule is C[C@H]1CN(C(=O)CN(C)Cc2nc3ccccc3s2)CCO1. The summed E-state index contributed by atoms with van der Waals surface area (Å²) in [4.78, 5) is 20.9. The highest BCUT2D eigenvalue weighted by Crippen LogP contribution is 2.22. The number of nitrogens with zero attached hydrogens (tertiary/aromatic N) is 3. The van der Waals surface area contributed by atoms with Gasteiger partial charge in [-0.05, 0) is 26.1 Å². The number of benzene rings is 1. The van der Waals surface area contributed by atoms with E-state index in [1.807, 2.05) is 42.0 Å². The third-order valence-electron chi connectivity index (χ3n) is 3.74. The quantitative estimate of drug-likeness (QED) is 0.864. The molecular weight excluding hydrogens is 298 g/mol. The highest BCUT2D eigenvalue weighted by Gasteiger charge is 2.22. The summed E-state index contributed by atoms with van der Waals surface area (Å²) >= 11 is 1.69. The Labute approximate surface area is 134 Å². The zero-order valence-electron chi connectivity index (χ0n) is 13.0. The molecular formula is C16H21N3O2S. The first kappa shape index (κ1) is 15.4. The van der Waals surface area contributed by atoms with Crippen LogP contribution < -0.4 is 0 Å². The number of likely N-dealkylation sites (N-methyl/N-ethyl adjacent to an activating group) is 1. The van der Waals surface area contributed by atoms with Gasteiger partial charge in [-0.3, -0.25) is 9.69 Å². The van der Waals surface area contributed by atoms with Gasteiger partial charge in [0.05, 0.1) is 36.0 Å². The van der Waals surface area contributed by atoms with Crippen LogP contribution >= 0.6 is 11.3 Å². The van der Waals surface area contributed by atoms with Crippen molar-refractivity contribution in [3.05, 3.63) is 29.3 Å². The molecule has 1 aromatic carbocycles. The molecule has 0 N–H and O–H groups in total. The Morgan fingerprint density at radius 3 is 3.09 bits per heavy atom. The number of morpholine rings is 1. The molecule has 1 saturated heterocycles. The van der Waals surface area contributed by atoms with Gasteiger partial charge in [-0.2, -0.15) is 0 Å². The minimum atomic E-state index is 0.132. The third-order valence-corrected chi connectivity index (χ3v) is 4.76. The lowest BCUT2D eigenvalue weighted by Crippen LogP contribution is -2.47. The summed E-state index contributed by atoms with van der Waals surface area (Å²) in [5.41, 5.74) is 1.03. The zero-order chi connectivity index (χ0) is 15.5. The van der Waals surface area contributed by atoms with Crippen molar-refractivity contribution in [3.63, 3.8) is 0 Å². The van der Waals surface area contributed by atoms with Crippen molar-refractivity contribution in [1.29, 1.82) is 0 Å². The van der Waals surface area contributed by atoms with Crippen LogP contribution in [0.25, 0.3) is 10.2 Å². The van der Waals surface area contributed by atoms with Crippen molar-refractivity contribution in [2.45, 2.75) is 19.6 Å². The second-order valence-electron chi connectivity index (χ2n) is 5.77. The number of aromatic nitrogens is 1. The predicted octanol–water partition coefficient (Wildman–Crippen LogP) is 1.98. The van der Waals surface area contributed by atoms with Gasteiger partial charge < -0.3 is 9.64 Å². The van der Waals surface area contributed by atoms with Crippen LogP contribution in [0, 0.1) is 0 Å². The fourth-order valence-electron chi connectivity index (χ4n) is 2.65. The Morgan fingerprint density at radius 2 is 2.32 bits per heavy atom. The van der Waals surface area contributed by atoms with Crippen LogP contribution in [-0.4, -0.2) is 60.1 Å². The van der Waals surface area contributed by atoms with Gasteiger partial charge in [0.2, 0.25) is 5.91 Å². The minimum Gasteiger partial charge on any atom is -0.375 e. The van der Waals surface area contributed by atoms with E-state index in [0.717, 1.165) is 10.5 Å². The normalized spacial score (nSPS) is 19.0. The molecule has 0 radical (unpaired) electrons. The van der Waals surface area contributed by atoms with E-state index in [4.69, 9.17) is 4.74 Å². The number of carbonyl (C=O) groups excluding carboxylic acids is 1. The van der Waals surface area contributed by atoms with Crippen LogP contribution in [0.3, 0.4) is 0 Å². The standard InChI is InChI=1S/C16H21N3O2S/c1-12-9-19(7-8-21-12)16(20)11-18(2)10-15-17-13-5-3-4-6-14(13)22-15/h3-6,12H,7-11H2,1-2H3/t12-/m0/s1. The molecule has 3 rings (SSSR count). The van der Waals surface area contributed by atoms with Crippen molar-refractivity contribution in [2.24, 2.45) is 0 Å². The van der Waals surface area contributed by atoms with Crippen LogP contribution in [-0.2, 0) is 16.1 Å². The van der Waals surface area contributed by atoms with Crippen molar-refractivity contribution in [3.8, 4) is 0 Å². The van der Waals surface area contributed by atoms with Gasteiger partial charge in [0.15, 0.2) is 0 Å². The van der Waals surface area contributed by atoms with E-state index in [1.165, 1.54) is 4.70 Å². The first-order valence-corrected chi connectivity index (χ1v) is 8.36. The summed E-state index contributed by atoms with van der Waals surface area (Å²) < 4.78 is 6.67. The smallest absolute Gasteiger partial charge is 0.236 e. The molecule has 1 aliphatic rings. The number of ether oxygens (including phenoxy) is 1. The van der Waals surface area contributed by atoms with E-state index in [2.05, 4.69) is 11.1 Å². The molecule has 0 bridgehead atoms. The second-order valence-corrected chi connectivity index (χ2v) is 6.88. The second kappa shape index (κ2) is 6.73. The number of hydrogen-bond donors (Lipinski definition) is 0. The molecule has 0 aliphatic carbocycles. The number of para-hydroxylation sites is 1. The van der Waals surface area contributed by atoms with Gasteiger partial charge in [-0.25, -0.2) is 4.98 Å². The number of thiazole rings is 1. The summed E-state index contributed by atoms with van der Waals surface area (Å²) in [5, 5.41) is 1.05. The molecule has 1 atom stereocenters. The van der Waals surface area contributed by atoms with Crippen molar-refractivity contribution >= 4 is 27.5 Å². The van der Waals surface area contributed by atoms with Crippen molar-refractivity contribution in [1.82, 2.24) is 14.8 Å². The summed E-state index contributed by atoms with van der Waals surface area (Å²) in [6.45, 7) is 5.14. The van der Waals surface area contributed by atoms with Gasteiger partial charge >= 0.3 is 0 Å². The molecule has 0 spiro atoms. The van der Waals surface area contributed by atoms with E-state index in [0.29, 0.717) is 32.8 Å². The lowest BCUT2D eigenvalue weighted by Gasteiger charge is -2.32. The largest absolute Gasteiger partial charge is 0.375 e. The Kier molecular flexibility index (Phi) is 4.71. The summed E-state index contributed by atoms with van der Waals surface area (Å²) in [5.74, 6) is 0.166. The maximum atomic E-state index is 12.3. The number of rotatable bonds is 4. The van der Waals surface area contributed by atoms with Crippen molar-refractivity contribution in [2.75, 3.05) is 33.3 Å². The third kappa shape index (κ3) is 3.63. The predicted molar refractivity (Wildman–Crippen MR) is 87.9 cm³/mol. The average Bonchev–Trinajstić information content (AvgIpc) is 2.89. The molecule has 118 valence electrons. The molecule has 6 heteroatoms.